The van der Waals surface area contributed by atoms with Crippen LogP contribution in [0.1, 0.15) is 36.9 Å². The van der Waals surface area contributed by atoms with E-state index in [9.17, 15) is 4.79 Å². The molecule has 0 bridgehead atoms. The minimum absolute atomic E-state index is 0. The number of para-hydroxylation sites is 2. The van der Waals surface area contributed by atoms with Crippen molar-refractivity contribution in [3.8, 4) is 0 Å². The Morgan fingerprint density at radius 1 is 0.840 bits per heavy atom. The van der Waals surface area contributed by atoms with Gasteiger partial charge in [0.2, 0.25) is 5.91 Å². The Morgan fingerprint density at radius 2 is 1.40 bits per heavy atom. The number of benzene rings is 2. The van der Waals surface area contributed by atoms with Crippen LogP contribution < -0.4 is 0 Å². The van der Waals surface area contributed by atoms with Crippen LogP contribution in [0.5, 0.6) is 0 Å². The zero-order valence-corrected chi connectivity index (χ0v) is 15.3. The molecular formula is C21H25ClN2O. The van der Waals surface area contributed by atoms with Crippen molar-refractivity contribution in [2.45, 2.75) is 32.1 Å². The summed E-state index contributed by atoms with van der Waals surface area (Å²) in [4.78, 5) is 15.4. The molecule has 1 aliphatic heterocycles. The van der Waals surface area contributed by atoms with Crippen molar-refractivity contribution in [2.75, 3.05) is 19.6 Å². The summed E-state index contributed by atoms with van der Waals surface area (Å²) in [6, 6.07) is 16.4. The normalized spacial score (nSPS) is 14.9. The van der Waals surface area contributed by atoms with Crippen molar-refractivity contribution >= 4 is 40.1 Å². The molecule has 2 heterocycles. The van der Waals surface area contributed by atoms with Crippen LogP contribution in [0.15, 0.2) is 48.5 Å². The van der Waals surface area contributed by atoms with Gasteiger partial charge in [-0.1, -0.05) is 36.4 Å². The smallest absolute Gasteiger partial charge is 0.231 e. The molecular weight excluding hydrogens is 332 g/mol. The first-order valence-corrected chi connectivity index (χ1v) is 9.08. The molecule has 0 saturated carbocycles. The van der Waals surface area contributed by atoms with Crippen LogP contribution in [0.3, 0.4) is 0 Å². The average Bonchev–Trinajstić information content (AvgIpc) is 3.24. The third-order valence-electron chi connectivity index (χ3n) is 5.14. The Balaban J connectivity index is 0.00000182. The van der Waals surface area contributed by atoms with Gasteiger partial charge in [-0.15, -0.1) is 12.4 Å². The van der Waals surface area contributed by atoms with Crippen LogP contribution in [-0.2, 0) is 0 Å². The van der Waals surface area contributed by atoms with Crippen molar-refractivity contribution in [2.24, 2.45) is 0 Å². The van der Waals surface area contributed by atoms with E-state index in [1.165, 1.54) is 36.7 Å². The molecule has 132 valence electrons. The number of hydrogen-bond donors (Lipinski definition) is 0. The van der Waals surface area contributed by atoms with Gasteiger partial charge in [0, 0.05) is 17.2 Å². The van der Waals surface area contributed by atoms with Gasteiger partial charge in [0.15, 0.2) is 0 Å². The Morgan fingerprint density at radius 3 is 2.00 bits per heavy atom. The summed E-state index contributed by atoms with van der Waals surface area (Å²) in [6.07, 6.45) is 5.37. The van der Waals surface area contributed by atoms with Crippen molar-refractivity contribution in [3.05, 3.63) is 48.5 Å². The molecule has 4 rings (SSSR count). The summed E-state index contributed by atoms with van der Waals surface area (Å²) in [7, 11) is 0. The largest absolute Gasteiger partial charge is 0.303 e. The molecule has 3 aromatic rings. The fraction of sp³-hybridized carbons (Fsp3) is 0.381. The molecule has 0 aliphatic carbocycles. The summed E-state index contributed by atoms with van der Waals surface area (Å²) >= 11 is 0. The van der Waals surface area contributed by atoms with Crippen LogP contribution in [0, 0.1) is 0 Å². The van der Waals surface area contributed by atoms with Crippen LogP contribution in [0.4, 0.5) is 0 Å². The molecule has 1 aromatic heterocycles. The molecule has 1 fully saturated rings. The maximum atomic E-state index is 12.9. The van der Waals surface area contributed by atoms with Gasteiger partial charge >= 0.3 is 0 Å². The first kappa shape index (κ1) is 18.0. The molecule has 0 radical (unpaired) electrons. The molecule has 25 heavy (non-hydrogen) atoms. The predicted molar refractivity (Wildman–Crippen MR) is 107 cm³/mol. The lowest BCUT2D eigenvalue weighted by molar-refractivity contribution is 0.0908. The Labute approximate surface area is 155 Å². The zero-order valence-electron chi connectivity index (χ0n) is 14.5. The van der Waals surface area contributed by atoms with E-state index in [0.29, 0.717) is 6.42 Å². The van der Waals surface area contributed by atoms with Crippen LogP contribution in [0.25, 0.3) is 21.8 Å². The molecule has 0 atom stereocenters. The fourth-order valence-electron chi connectivity index (χ4n) is 3.92. The van der Waals surface area contributed by atoms with Gasteiger partial charge in [-0.3, -0.25) is 9.36 Å². The second kappa shape index (κ2) is 8.03. The van der Waals surface area contributed by atoms with E-state index in [1.54, 1.807) is 0 Å². The lowest BCUT2D eigenvalue weighted by Crippen LogP contribution is -2.20. The Hall–Kier alpha value is -1.84. The average molecular weight is 357 g/mol. The number of aromatic nitrogens is 1. The van der Waals surface area contributed by atoms with Crippen LogP contribution in [0.2, 0.25) is 0 Å². The third kappa shape index (κ3) is 3.58. The number of carbonyl (C=O) groups is 1. The summed E-state index contributed by atoms with van der Waals surface area (Å²) in [5, 5.41) is 2.33. The fourth-order valence-corrected chi connectivity index (χ4v) is 3.92. The summed E-state index contributed by atoms with van der Waals surface area (Å²) in [5.74, 6) is 0.217. The van der Waals surface area contributed by atoms with Crippen LogP contribution >= 0.6 is 12.4 Å². The van der Waals surface area contributed by atoms with Gasteiger partial charge in [-0.2, -0.15) is 0 Å². The van der Waals surface area contributed by atoms with E-state index < -0.39 is 0 Å². The topological polar surface area (TPSA) is 25.2 Å². The number of unbranched alkanes of at least 4 members (excludes halogenated alkanes) is 1. The standard InChI is InChI=1S/C21H24N2O.ClH/c24-21(13-5-6-14-22-15-7-8-16-22)23-19-11-3-1-9-17(19)18-10-2-4-12-20(18)23;/h1-4,9-12H,5-8,13-16H2;1H. The SMILES string of the molecule is Cl.O=C(CCCCN1CCCC1)n1c2ccccc2c2ccccc21. The maximum absolute atomic E-state index is 12.9. The molecule has 2 aromatic carbocycles. The molecule has 1 aliphatic rings. The van der Waals surface area contributed by atoms with Gasteiger partial charge in [0.05, 0.1) is 11.0 Å². The highest BCUT2D eigenvalue weighted by Gasteiger charge is 2.15. The van der Waals surface area contributed by atoms with Gasteiger partial charge in [-0.25, -0.2) is 0 Å². The summed E-state index contributed by atoms with van der Waals surface area (Å²) < 4.78 is 1.92. The number of hydrogen-bond acceptors (Lipinski definition) is 2. The number of fused-ring (bicyclic) bond motifs is 3. The lowest BCUT2D eigenvalue weighted by Gasteiger charge is -2.13. The van der Waals surface area contributed by atoms with E-state index in [2.05, 4.69) is 29.2 Å². The molecule has 1 saturated heterocycles. The Bertz CT molecular complexity index is 811. The van der Waals surface area contributed by atoms with Crippen molar-refractivity contribution in [3.63, 3.8) is 0 Å². The number of likely N-dealkylation sites (tertiary alicyclic amines) is 1. The van der Waals surface area contributed by atoms with Gasteiger partial charge in [0.25, 0.3) is 0 Å². The van der Waals surface area contributed by atoms with Crippen LogP contribution in [-0.4, -0.2) is 35.0 Å². The molecule has 0 spiro atoms. The number of carbonyl (C=O) groups excluding carboxylic acids is 1. The maximum Gasteiger partial charge on any atom is 0.231 e. The predicted octanol–water partition coefficient (Wildman–Crippen LogP) is 5.12. The minimum Gasteiger partial charge on any atom is -0.303 e. The van der Waals surface area contributed by atoms with E-state index in [4.69, 9.17) is 0 Å². The second-order valence-electron chi connectivity index (χ2n) is 6.77. The highest BCUT2D eigenvalue weighted by molar-refractivity contribution is 6.13. The zero-order chi connectivity index (χ0) is 16.4. The van der Waals surface area contributed by atoms with E-state index in [-0.39, 0.29) is 18.3 Å². The molecule has 0 amide bonds. The van der Waals surface area contributed by atoms with Gasteiger partial charge < -0.3 is 4.90 Å². The Kier molecular flexibility index (Phi) is 5.77. The van der Waals surface area contributed by atoms with Crippen molar-refractivity contribution < 1.29 is 4.79 Å². The molecule has 0 unspecified atom stereocenters. The van der Waals surface area contributed by atoms with Crippen molar-refractivity contribution in [1.29, 1.82) is 0 Å². The first-order valence-electron chi connectivity index (χ1n) is 9.08. The molecule has 0 N–H and O–H groups in total. The van der Waals surface area contributed by atoms with Crippen molar-refractivity contribution in [1.82, 2.24) is 9.47 Å². The highest BCUT2D eigenvalue weighted by atomic mass is 35.5. The van der Waals surface area contributed by atoms with E-state index in [1.807, 2.05) is 28.8 Å². The number of rotatable bonds is 5. The monoisotopic (exact) mass is 356 g/mol. The highest BCUT2D eigenvalue weighted by Crippen LogP contribution is 2.29. The van der Waals surface area contributed by atoms with E-state index >= 15 is 0 Å². The summed E-state index contributed by atoms with van der Waals surface area (Å²) in [5.41, 5.74) is 2.06. The quantitative estimate of drug-likeness (QED) is 0.592. The number of halogens is 1. The lowest BCUT2D eigenvalue weighted by atomic mass is 10.2. The minimum atomic E-state index is 0. The van der Waals surface area contributed by atoms with E-state index in [0.717, 1.165) is 30.4 Å². The second-order valence-corrected chi connectivity index (χ2v) is 6.77. The number of nitrogens with zero attached hydrogens (tertiary/aromatic N) is 2. The van der Waals surface area contributed by atoms with Gasteiger partial charge in [-0.05, 0) is 57.5 Å². The molecule has 3 nitrogen and oxygen atoms in total. The summed E-state index contributed by atoms with van der Waals surface area (Å²) in [6.45, 7) is 3.61. The molecule has 4 heteroatoms. The third-order valence-corrected chi connectivity index (χ3v) is 5.14. The first-order chi connectivity index (χ1) is 11.8. The van der Waals surface area contributed by atoms with Gasteiger partial charge in [0.1, 0.15) is 0 Å².